The van der Waals surface area contributed by atoms with E-state index in [4.69, 9.17) is 9.57 Å². The normalized spacial score (nSPS) is 17.1. The number of hydroxylamine groups is 2. The predicted molar refractivity (Wildman–Crippen MR) is 76.8 cm³/mol. The van der Waals surface area contributed by atoms with Crippen LogP contribution in [0.1, 0.15) is 38.2 Å². The molecule has 1 aliphatic rings. The lowest BCUT2D eigenvalue weighted by Gasteiger charge is -2.23. The zero-order valence-electron chi connectivity index (χ0n) is 12.1. The lowest BCUT2D eigenvalue weighted by Crippen LogP contribution is -2.30. The van der Waals surface area contributed by atoms with Crippen LogP contribution in [0.25, 0.3) is 0 Å². The van der Waals surface area contributed by atoms with Gasteiger partial charge in [-0.3, -0.25) is 9.63 Å². The highest BCUT2D eigenvalue weighted by atomic mass is 16.8. The molecular formula is C16H23NO3. The first-order valence-electron chi connectivity index (χ1n) is 7.37. The molecule has 1 unspecified atom stereocenters. The second-order valence-electron chi connectivity index (χ2n) is 5.16. The van der Waals surface area contributed by atoms with Gasteiger partial charge in [0.15, 0.2) is 0 Å². The van der Waals surface area contributed by atoms with Gasteiger partial charge in [-0.1, -0.05) is 30.3 Å². The van der Waals surface area contributed by atoms with Gasteiger partial charge in [-0.05, 0) is 31.2 Å². The summed E-state index contributed by atoms with van der Waals surface area (Å²) in [5, 5.41) is 1.91. The number of rotatable bonds is 7. The van der Waals surface area contributed by atoms with Gasteiger partial charge in [0, 0.05) is 26.4 Å². The van der Waals surface area contributed by atoms with Crippen LogP contribution in [-0.4, -0.2) is 30.4 Å². The van der Waals surface area contributed by atoms with Gasteiger partial charge in [0.2, 0.25) is 6.29 Å². The fourth-order valence-electron chi connectivity index (χ4n) is 2.40. The van der Waals surface area contributed by atoms with Crippen molar-refractivity contribution in [2.75, 3.05) is 13.1 Å². The molecule has 1 fully saturated rings. The number of ether oxygens (including phenoxy) is 1. The molecule has 0 aliphatic carbocycles. The summed E-state index contributed by atoms with van der Waals surface area (Å²) < 4.78 is 5.25. The van der Waals surface area contributed by atoms with E-state index in [1.165, 1.54) is 12.5 Å². The first-order chi connectivity index (χ1) is 9.74. The number of hydrogen-bond acceptors (Lipinski definition) is 4. The summed E-state index contributed by atoms with van der Waals surface area (Å²) in [4.78, 5) is 16.9. The second-order valence-corrected chi connectivity index (χ2v) is 5.16. The molecule has 1 saturated heterocycles. The van der Waals surface area contributed by atoms with Crippen LogP contribution in [-0.2, 0) is 20.8 Å². The fraction of sp³-hybridized carbons (Fsp3) is 0.562. The number of carbonyl (C=O) groups excluding carboxylic acids is 1. The molecule has 0 aromatic heterocycles. The quantitative estimate of drug-likeness (QED) is 0.567. The Kier molecular flexibility index (Phi) is 6.02. The molecule has 0 bridgehead atoms. The van der Waals surface area contributed by atoms with E-state index in [0.29, 0.717) is 0 Å². The van der Waals surface area contributed by atoms with E-state index in [1.54, 1.807) is 0 Å². The van der Waals surface area contributed by atoms with Gasteiger partial charge in [-0.2, -0.15) is 5.06 Å². The van der Waals surface area contributed by atoms with Gasteiger partial charge in [0.05, 0.1) is 0 Å². The Morgan fingerprint density at radius 3 is 2.60 bits per heavy atom. The highest BCUT2D eigenvalue weighted by molar-refractivity contribution is 5.66. The van der Waals surface area contributed by atoms with Crippen molar-refractivity contribution < 1.29 is 14.4 Å². The van der Waals surface area contributed by atoms with Crippen LogP contribution in [0.5, 0.6) is 0 Å². The number of esters is 1. The maximum atomic E-state index is 11.1. The second kappa shape index (κ2) is 8.02. The van der Waals surface area contributed by atoms with Crippen molar-refractivity contribution in [3.8, 4) is 0 Å². The molecule has 1 aliphatic heterocycles. The first-order valence-corrected chi connectivity index (χ1v) is 7.37. The summed E-state index contributed by atoms with van der Waals surface area (Å²) in [7, 11) is 0. The molecular weight excluding hydrogens is 254 g/mol. The Balaban J connectivity index is 1.76. The van der Waals surface area contributed by atoms with Crippen LogP contribution < -0.4 is 0 Å². The van der Waals surface area contributed by atoms with Gasteiger partial charge in [-0.25, -0.2) is 0 Å². The average molecular weight is 277 g/mol. The minimum atomic E-state index is -0.450. The monoisotopic (exact) mass is 277 g/mol. The summed E-state index contributed by atoms with van der Waals surface area (Å²) >= 11 is 0. The number of hydrogen-bond donors (Lipinski definition) is 0. The predicted octanol–water partition coefficient (Wildman–Crippen LogP) is 2.93. The molecule has 2 rings (SSSR count). The van der Waals surface area contributed by atoms with Crippen LogP contribution in [0.15, 0.2) is 30.3 Å². The van der Waals surface area contributed by atoms with Crippen molar-refractivity contribution in [3.05, 3.63) is 35.9 Å². The number of nitrogens with zero attached hydrogens (tertiary/aromatic N) is 1. The topological polar surface area (TPSA) is 38.8 Å². The van der Waals surface area contributed by atoms with E-state index >= 15 is 0 Å². The molecule has 4 heteroatoms. The molecule has 4 nitrogen and oxygen atoms in total. The van der Waals surface area contributed by atoms with Crippen molar-refractivity contribution in [1.82, 2.24) is 5.06 Å². The molecule has 0 N–H and O–H groups in total. The Morgan fingerprint density at radius 1 is 1.25 bits per heavy atom. The van der Waals surface area contributed by atoms with Crippen molar-refractivity contribution in [2.45, 2.75) is 45.3 Å². The molecule has 1 heterocycles. The van der Waals surface area contributed by atoms with Crippen LogP contribution in [0, 0.1) is 0 Å². The van der Waals surface area contributed by atoms with Crippen LogP contribution in [0.2, 0.25) is 0 Å². The van der Waals surface area contributed by atoms with Gasteiger partial charge >= 0.3 is 5.97 Å². The summed E-state index contributed by atoms with van der Waals surface area (Å²) in [5.74, 6) is -0.283. The summed E-state index contributed by atoms with van der Waals surface area (Å²) in [6, 6.07) is 10.3. The highest BCUT2D eigenvalue weighted by Crippen LogP contribution is 2.15. The average Bonchev–Trinajstić information content (AvgIpc) is 2.92. The molecule has 20 heavy (non-hydrogen) atoms. The lowest BCUT2D eigenvalue weighted by molar-refractivity contribution is -0.266. The van der Waals surface area contributed by atoms with E-state index in [1.807, 2.05) is 23.3 Å². The lowest BCUT2D eigenvalue weighted by atomic mass is 10.1. The Labute approximate surface area is 120 Å². The number of aryl methyl sites for hydroxylation is 1. The first kappa shape index (κ1) is 15.0. The summed E-state index contributed by atoms with van der Waals surface area (Å²) in [5.41, 5.74) is 1.30. The highest BCUT2D eigenvalue weighted by Gasteiger charge is 2.20. The van der Waals surface area contributed by atoms with E-state index < -0.39 is 6.29 Å². The minimum absolute atomic E-state index is 0.283. The zero-order chi connectivity index (χ0) is 14.2. The smallest absolute Gasteiger partial charge is 0.304 e. The third-order valence-electron chi connectivity index (χ3n) is 3.38. The zero-order valence-corrected chi connectivity index (χ0v) is 12.1. The standard InChI is InChI=1S/C16H23NO3/c1-14(18)19-16(20-17-12-5-6-13-17)11-7-10-15-8-3-2-4-9-15/h2-4,8-9,16H,5-7,10-13H2,1H3. The van der Waals surface area contributed by atoms with E-state index in [2.05, 4.69) is 12.1 Å². The molecule has 1 atom stereocenters. The van der Waals surface area contributed by atoms with E-state index in [0.717, 1.165) is 45.2 Å². The van der Waals surface area contributed by atoms with Crippen LogP contribution in [0.3, 0.4) is 0 Å². The van der Waals surface area contributed by atoms with Crippen molar-refractivity contribution in [1.29, 1.82) is 0 Å². The molecule has 0 radical (unpaired) electrons. The molecule has 0 saturated carbocycles. The third-order valence-corrected chi connectivity index (χ3v) is 3.38. The molecule has 0 spiro atoms. The summed E-state index contributed by atoms with van der Waals surface area (Å²) in [6.45, 7) is 3.28. The van der Waals surface area contributed by atoms with Crippen molar-refractivity contribution in [3.63, 3.8) is 0 Å². The van der Waals surface area contributed by atoms with Crippen molar-refractivity contribution in [2.24, 2.45) is 0 Å². The minimum Gasteiger partial charge on any atom is -0.434 e. The third kappa shape index (κ3) is 5.31. The Bertz CT molecular complexity index is 401. The molecule has 1 aromatic carbocycles. The maximum absolute atomic E-state index is 11.1. The van der Waals surface area contributed by atoms with E-state index in [9.17, 15) is 4.79 Å². The van der Waals surface area contributed by atoms with E-state index in [-0.39, 0.29) is 5.97 Å². The maximum Gasteiger partial charge on any atom is 0.304 e. The SMILES string of the molecule is CC(=O)OC(CCCc1ccccc1)ON1CCCC1. The number of carbonyl (C=O) groups is 1. The van der Waals surface area contributed by atoms with Gasteiger partial charge in [0.25, 0.3) is 0 Å². The van der Waals surface area contributed by atoms with Crippen LogP contribution >= 0.6 is 0 Å². The Hall–Kier alpha value is -1.39. The van der Waals surface area contributed by atoms with Gasteiger partial charge in [0.1, 0.15) is 0 Å². The Morgan fingerprint density at radius 2 is 1.95 bits per heavy atom. The fourth-order valence-corrected chi connectivity index (χ4v) is 2.40. The molecule has 0 amide bonds. The molecule has 1 aromatic rings. The summed E-state index contributed by atoms with van der Waals surface area (Å²) in [6.07, 6.45) is 4.49. The van der Waals surface area contributed by atoms with Gasteiger partial charge in [-0.15, -0.1) is 0 Å². The number of benzene rings is 1. The van der Waals surface area contributed by atoms with Gasteiger partial charge < -0.3 is 4.74 Å². The molecule has 110 valence electrons. The largest absolute Gasteiger partial charge is 0.434 e. The van der Waals surface area contributed by atoms with Crippen LogP contribution in [0.4, 0.5) is 0 Å². The van der Waals surface area contributed by atoms with Crippen molar-refractivity contribution >= 4 is 5.97 Å².